The van der Waals surface area contributed by atoms with Crippen molar-refractivity contribution in [2.75, 3.05) is 20.2 Å². The van der Waals surface area contributed by atoms with Crippen LogP contribution in [0.1, 0.15) is 9.67 Å². The van der Waals surface area contributed by atoms with Crippen LogP contribution in [0.25, 0.3) is 11.1 Å². The van der Waals surface area contributed by atoms with E-state index in [2.05, 4.69) is 0 Å². The molecule has 1 atom stereocenters. The maximum Gasteiger partial charge on any atom is 0.264 e. The average Bonchev–Trinajstić information content (AvgIpc) is 3.17. The molecule has 4 rings (SSSR count). The topological polar surface area (TPSA) is 38.8 Å². The van der Waals surface area contributed by atoms with E-state index < -0.39 is 0 Å². The highest BCUT2D eigenvalue weighted by Crippen LogP contribution is 2.32. The van der Waals surface area contributed by atoms with Crippen LogP contribution in [0.5, 0.6) is 11.5 Å². The first-order chi connectivity index (χ1) is 12.7. The van der Waals surface area contributed by atoms with Crippen LogP contribution in [0.4, 0.5) is 0 Å². The van der Waals surface area contributed by atoms with Crippen molar-refractivity contribution in [1.82, 2.24) is 4.90 Å². The van der Waals surface area contributed by atoms with Gasteiger partial charge in [0.15, 0.2) is 17.6 Å². The second-order valence-electron chi connectivity index (χ2n) is 6.21. The number of carbonyl (C=O) groups excluding carboxylic acids is 1. The van der Waals surface area contributed by atoms with Crippen molar-refractivity contribution in [3.8, 4) is 22.6 Å². The van der Waals surface area contributed by atoms with Crippen molar-refractivity contribution >= 4 is 17.2 Å². The van der Waals surface area contributed by atoms with E-state index in [1.807, 2.05) is 66.0 Å². The molecule has 3 aromatic rings. The van der Waals surface area contributed by atoms with Gasteiger partial charge in [-0.15, -0.1) is 11.3 Å². The summed E-state index contributed by atoms with van der Waals surface area (Å²) in [5, 5.41) is 1.96. The molecule has 132 valence electrons. The Balaban J connectivity index is 1.47. The van der Waals surface area contributed by atoms with Crippen LogP contribution in [0.2, 0.25) is 0 Å². The molecule has 2 aromatic carbocycles. The van der Waals surface area contributed by atoms with E-state index in [1.165, 1.54) is 11.3 Å². The predicted molar refractivity (Wildman–Crippen MR) is 103 cm³/mol. The van der Waals surface area contributed by atoms with E-state index >= 15 is 0 Å². The third kappa shape index (κ3) is 3.30. The smallest absolute Gasteiger partial charge is 0.264 e. The lowest BCUT2D eigenvalue weighted by Crippen LogP contribution is -2.41. The molecule has 0 unspecified atom stereocenters. The molecule has 1 aromatic heterocycles. The average molecular weight is 365 g/mol. The number of para-hydroxylation sites is 2. The second-order valence-corrected chi connectivity index (χ2v) is 7.13. The SMILES string of the molecule is CN(C[C@@H]1COc2ccccc2O1)C(=O)c1sccc1-c1ccccc1. The number of amides is 1. The van der Waals surface area contributed by atoms with Crippen molar-refractivity contribution in [2.45, 2.75) is 6.10 Å². The highest BCUT2D eigenvalue weighted by atomic mass is 32.1. The van der Waals surface area contributed by atoms with Gasteiger partial charge in [0, 0.05) is 12.6 Å². The highest BCUT2D eigenvalue weighted by Gasteiger charge is 2.25. The molecule has 26 heavy (non-hydrogen) atoms. The van der Waals surface area contributed by atoms with Crippen LogP contribution in [-0.4, -0.2) is 37.1 Å². The third-order valence-electron chi connectivity index (χ3n) is 4.34. The molecular weight excluding hydrogens is 346 g/mol. The van der Waals surface area contributed by atoms with E-state index in [0.717, 1.165) is 27.5 Å². The van der Waals surface area contributed by atoms with Crippen LogP contribution >= 0.6 is 11.3 Å². The molecule has 1 aliphatic rings. The van der Waals surface area contributed by atoms with Gasteiger partial charge >= 0.3 is 0 Å². The number of nitrogens with zero attached hydrogens (tertiary/aromatic N) is 1. The molecule has 5 heteroatoms. The van der Waals surface area contributed by atoms with Gasteiger partial charge in [0.25, 0.3) is 5.91 Å². The molecule has 0 spiro atoms. The Morgan fingerprint density at radius 1 is 1.08 bits per heavy atom. The molecule has 0 saturated carbocycles. The number of hydrogen-bond donors (Lipinski definition) is 0. The Morgan fingerprint density at radius 2 is 1.81 bits per heavy atom. The second kappa shape index (κ2) is 7.22. The molecule has 0 radical (unpaired) electrons. The zero-order chi connectivity index (χ0) is 17.9. The number of ether oxygens (including phenoxy) is 2. The van der Waals surface area contributed by atoms with Crippen LogP contribution in [0.15, 0.2) is 66.0 Å². The van der Waals surface area contributed by atoms with Crippen molar-refractivity contribution in [2.24, 2.45) is 0 Å². The third-order valence-corrected chi connectivity index (χ3v) is 5.24. The van der Waals surface area contributed by atoms with Gasteiger partial charge in [-0.3, -0.25) is 4.79 Å². The molecule has 1 amide bonds. The summed E-state index contributed by atoms with van der Waals surface area (Å²) >= 11 is 1.47. The summed E-state index contributed by atoms with van der Waals surface area (Å²) in [6.45, 7) is 0.907. The number of fused-ring (bicyclic) bond motifs is 1. The summed E-state index contributed by atoms with van der Waals surface area (Å²) in [4.78, 5) is 15.4. The first-order valence-corrected chi connectivity index (χ1v) is 9.37. The first-order valence-electron chi connectivity index (χ1n) is 8.49. The predicted octanol–water partition coefficient (Wildman–Crippen LogP) is 4.33. The molecule has 0 N–H and O–H groups in total. The summed E-state index contributed by atoms with van der Waals surface area (Å²) in [6, 6.07) is 19.6. The summed E-state index contributed by atoms with van der Waals surface area (Å²) in [6.07, 6.45) is -0.181. The molecule has 4 nitrogen and oxygen atoms in total. The summed E-state index contributed by atoms with van der Waals surface area (Å²) in [5.41, 5.74) is 2.02. The standard InChI is InChI=1S/C21H19NO3S/c1-22(13-16-14-24-18-9-5-6-10-19(18)25-16)21(23)20-17(11-12-26-20)15-7-3-2-4-8-15/h2-12,16H,13-14H2,1H3/t16-/m1/s1. The van der Waals surface area contributed by atoms with E-state index in [-0.39, 0.29) is 12.0 Å². The fraction of sp³-hybridized carbons (Fsp3) is 0.190. The lowest BCUT2D eigenvalue weighted by molar-refractivity contribution is 0.0524. The largest absolute Gasteiger partial charge is 0.486 e. The molecule has 0 bridgehead atoms. The van der Waals surface area contributed by atoms with Crippen LogP contribution in [0, 0.1) is 0 Å². The van der Waals surface area contributed by atoms with Crippen molar-refractivity contribution in [1.29, 1.82) is 0 Å². The number of benzene rings is 2. The lowest BCUT2D eigenvalue weighted by atomic mass is 10.1. The summed E-state index contributed by atoms with van der Waals surface area (Å²) in [7, 11) is 1.81. The first kappa shape index (κ1) is 16.7. The number of hydrogen-bond acceptors (Lipinski definition) is 4. The minimum atomic E-state index is -0.181. The molecule has 0 fully saturated rings. The Hall–Kier alpha value is -2.79. The number of thiophene rings is 1. The van der Waals surface area contributed by atoms with Gasteiger partial charge in [-0.1, -0.05) is 42.5 Å². The van der Waals surface area contributed by atoms with E-state index in [9.17, 15) is 4.79 Å². The maximum absolute atomic E-state index is 13.0. The van der Waals surface area contributed by atoms with Crippen molar-refractivity contribution < 1.29 is 14.3 Å². The molecule has 2 heterocycles. The number of rotatable bonds is 4. The number of carbonyl (C=O) groups is 1. The van der Waals surface area contributed by atoms with Crippen LogP contribution < -0.4 is 9.47 Å². The Morgan fingerprint density at radius 3 is 2.62 bits per heavy atom. The van der Waals surface area contributed by atoms with E-state index in [0.29, 0.717) is 13.2 Å². The van der Waals surface area contributed by atoms with E-state index in [4.69, 9.17) is 9.47 Å². The van der Waals surface area contributed by atoms with Gasteiger partial charge in [-0.25, -0.2) is 0 Å². The summed E-state index contributed by atoms with van der Waals surface area (Å²) in [5.74, 6) is 1.48. The minimum absolute atomic E-state index is 0.00121. The Labute approximate surface area is 156 Å². The zero-order valence-corrected chi connectivity index (χ0v) is 15.2. The quantitative estimate of drug-likeness (QED) is 0.691. The van der Waals surface area contributed by atoms with Crippen LogP contribution in [0.3, 0.4) is 0 Å². The minimum Gasteiger partial charge on any atom is -0.486 e. The van der Waals surface area contributed by atoms with Gasteiger partial charge in [0.1, 0.15) is 6.61 Å². The van der Waals surface area contributed by atoms with Gasteiger partial charge < -0.3 is 14.4 Å². The fourth-order valence-electron chi connectivity index (χ4n) is 3.03. The Kier molecular flexibility index (Phi) is 4.63. The zero-order valence-electron chi connectivity index (χ0n) is 14.4. The lowest BCUT2D eigenvalue weighted by Gasteiger charge is -2.29. The fourth-order valence-corrected chi connectivity index (χ4v) is 3.94. The van der Waals surface area contributed by atoms with E-state index in [1.54, 1.807) is 11.9 Å². The highest BCUT2D eigenvalue weighted by molar-refractivity contribution is 7.12. The van der Waals surface area contributed by atoms with Crippen LogP contribution in [-0.2, 0) is 0 Å². The molecule has 0 aliphatic carbocycles. The van der Waals surface area contributed by atoms with Gasteiger partial charge in [-0.05, 0) is 29.1 Å². The van der Waals surface area contributed by atoms with Crippen molar-refractivity contribution in [3.63, 3.8) is 0 Å². The molecule has 1 aliphatic heterocycles. The normalized spacial score (nSPS) is 15.5. The monoisotopic (exact) mass is 365 g/mol. The van der Waals surface area contributed by atoms with Gasteiger partial charge in [-0.2, -0.15) is 0 Å². The van der Waals surface area contributed by atoms with Crippen molar-refractivity contribution in [3.05, 3.63) is 70.9 Å². The maximum atomic E-state index is 13.0. The number of likely N-dealkylation sites (N-methyl/N-ethyl adjacent to an activating group) is 1. The Bertz CT molecular complexity index is 906. The van der Waals surface area contributed by atoms with Gasteiger partial charge in [0.2, 0.25) is 0 Å². The molecular formula is C21H19NO3S. The van der Waals surface area contributed by atoms with Gasteiger partial charge in [0.05, 0.1) is 11.4 Å². The summed E-state index contributed by atoms with van der Waals surface area (Å²) < 4.78 is 11.7. The molecule has 0 saturated heterocycles.